The van der Waals surface area contributed by atoms with E-state index in [4.69, 9.17) is 5.11 Å². The maximum atomic E-state index is 8.73. The van der Waals surface area contributed by atoms with Gasteiger partial charge in [0.05, 0.1) is 6.61 Å². The van der Waals surface area contributed by atoms with Crippen molar-refractivity contribution in [1.82, 2.24) is 0 Å². The largest absolute Gasteiger partial charge is 0.392 e. The van der Waals surface area contributed by atoms with Crippen LogP contribution < -0.4 is 0 Å². The summed E-state index contributed by atoms with van der Waals surface area (Å²) in [6.07, 6.45) is 0. The Morgan fingerprint density at radius 1 is 1.50 bits per heavy atom. The maximum absolute atomic E-state index is 8.73. The number of rotatable bonds is 1. The molecule has 0 aliphatic carbocycles. The number of thiol groups is 1. The van der Waals surface area contributed by atoms with Gasteiger partial charge in [-0.15, -0.1) is 12.6 Å². The van der Waals surface area contributed by atoms with Gasteiger partial charge >= 0.3 is 0 Å². The summed E-state index contributed by atoms with van der Waals surface area (Å²) in [5.74, 6) is 0. The molecule has 1 aromatic rings. The molecule has 54 valence electrons. The highest BCUT2D eigenvalue weighted by atomic mass is 32.1. The van der Waals surface area contributed by atoms with Crippen LogP contribution in [0.4, 0.5) is 0 Å². The Bertz CT molecular complexity index is 233. The second-order valence-corrected chi connectivity index (χ2v) is 2.76. The van der Waals surface area contributed by atoms with Crippen LogP contribution in [0.15, 0.2) is 23.1 Å². The summed E-state index contributed by atoms with van der Waals surface area (Å²) in [6.45, 7) is 2.08. The third-order valence-corrected chi connectivity index (χ3v) is 1.95. The zero-order valence-electron chi connectivity index (χ0n) is 5.83. The lowest BCUT2D eigenvalue weighted by atomic mass is 10.1. The van der Waals surface area contributed by atoms with E-state index in [9.17, 15) is 0 Å². The van der Waals surface area contributed by atoms with Crippen LogP contribution in [0.2, 0.25) is 0 Å². The maximum Gasteiger partial charge on any atom is 0.0681 e. The molecule has 1 aromatic carbocycles. The SMILES string of the molecule is Cc1cc(CO)ccc1S. The molecule has 0 spiro atoms. The lowest BCUT2D eigenvalue weighted by Crippen LogP contribution is -1.84. The van der Waals surface area contributed by atoms with Gasteiger partial charge in [-0.3, -0.25) is 0 Å². The highest BCUT2D eigenvalue weighted by molar-refractivity contribution is 7.80. The molecule has 0 bridgehead atoms. The minimum Gasteiger partial charge on any atom is -0.392 e. The second kappa shape index (κ2) is 3.08. The molecule has 10 heavy (non-hydrogen) atoms. The normalized spacial score (nSPS) is 9.90. The average Bonchev–Trinajstić information content (AvgIpc) is 1.95. The fraction of sp³-hybridized carbons (Fsp3) is 0.250. The highest BCUT2D eigenvalue weighted by Crippen LogP contribution is 2.13. The number of hydrogen-bond acceptors (Lipinski definition) is 2. The molecule has 2 heteroatoms. The summed E-state index contributed by atoms with van der Waals surface area (Å²) < 4.78 is 0. The van der Waals surface area contributed by atoms with E-state index in [1.165, 1.54) is 0 Å². The topological polar surface area (TPSA) is 20.2 Å². The van der Waals surface area contributed by atoms with Gasteiger partial charge in [-0.2, -0.15) is 0 Å². The average molecular weight is 154 g/mol. The minimum atomic E-state index is 0.106. The number of hydrogen-bond donors (Lipinski definition) is 2. The minimum absolute atomic E-state index is 0.106. The van der Waals surface area contributed by atoms with Crippen LogP contribution in [0.1, 0.15) is 11.1 Å². The monoisotopic (exact) mass is 154 g/mol. The molecule has 0 atom stereocenters. The van der Waals surface area contributed by atoms with Crippen molar-refractivity contribution in [3.8, 4) is 0 Å². The van der Waals surface area contributed by atoms with Crippen molar-refractivity contribution in [2.24, 2.45) is 0 Å². The Morgan fingerprint density at radius 3 is 2.70 bits per heavy atom. The zero-order chi connectivity index (χ0) is 7.56. The molecular formula is C8H10OS. The molecule has 0 unspecified atom stereocenters. The van der Waals surface area contributed by atoms with Crippen molar-refractivity contribution in [2.45, 2.75) is 18.4 Å². The molecule has 0 aromatic heterocycles. The van der Waals surface area contributed by atoms with Crippen molar-refractivity contribution >= 4 is 12.6 Å². The Balaban J connectivity index is 3.04. The van der Waals surface area contributed by atoms with E-state index in [2.05, 4.69) is 12.6 Å². The molecule has 0 saturated heterocycles. The Morgan fingerprint density at radius 2 is 2.20 bits per heavy atom. The van der Waals surface area contributed by atoms with Gasteiger partial charge in [-0.05, 0) is 24.1 Å². The molecule has 0 fully saturated rings. The number of aryl methyl sites for hydroxylation is 1. The molecule has 1 nitrogen and oxygen atoms in total. The molecule has 1 N–H and O–H groups in total. The molecule has 0 saturated carbocycles. The number of benzene rings is 1. The van der Waals surface area contributed by atoms with Crippen molar-refractivity contribution in [2.75, 3.05) is 0 Å². The van der Waals surface area contributed by atoms with Crippen LogP contribution in [-0.2, 0) is 6.61 Å². The van der Waals surface area contributed by atoms with Crippen molar-refractivity contribution in [1.29, 1.82) is 0 Å². The zero-order valence-corrected chi connectivity index (χ0v) is 6.73. The number of aliphatic hydroxyl groups is 1. The summed E-state index contributed by atoms with van der Waals surface area (Å²) in [6, 6.07) is 5.70. The Labute approximate surface area is 66.1 Å². The van der Waals surface area contributed by atoms with Crippen LogP contribution >= 0.6 is 12.6 Å². The van der Waals surface area contributed by atoms with Gasteiger partial charge in [0.15, 0.2) is 0 Å². The van der Waals surface area contributed by atoms with E-state index < -0.39 is 0 Å². The first-order valence-electron chi connectivity index (χ1n) is 3.13. The van der Waals surface area contributed by atoms with Crippen LogP contribution in [0.5, 0.6) is 0 Å². The van der Waals surface area contributed by atoms with E-state index in [0.717, 1.165) is 16.0 Å². The lowest BCUT2D eigenvalue weighted by molar-refractivity contribution is 0.281. The third kappa shape index (κ3) is 1.52. The van der Waals surface area contributed by atoms with Gasteiger partial charge in [0.1, 0.15) is 0 Å². The van der Waals surface area contributed by atoms with Crippen molar-refractivity contribution in [3.63, 3.8) is 0 Å². The smallest absolute Gasteiger partial charge is 0.0681 e. The summed E-state index contributed by atoms with van der Waals surface area (Å²) in [7, 11) is 0. The van der Waals surface area contributed by atoms with E-state index in [-0.39, 0.29) is 6.61 Å². The number of aliphatic hydroxyl groups excluding tert-OH is 1. The van der Waals surface area contributed by atoms with Crippen LogP contribution in [0.3, 0.4) is 0 Å². The van der Waals surface area contributed by atoms with E-state index in [1.54, 1.807) is 0 Å². The third-order valence-electron chi connectivity index (χ3n) is 1.44. The first-order chi connectivity index (χ1) is 4.74. The predicted molar refractivity (Wildman–Crippen MR) is 44.4 cm³/mol. The van der Waals surface area contributed by atoms with Gasteiger partial charge in [0.25, 0.3) is 0 Å². The lowest BCUT2D eigenvalue weighted by Gasteiger charge is -1.99. The summed E-state index contributed by atoms with van der Waals surface area (Å²) in [5.41, 5.74) is 2.05. The van der Waals surface area contributed by atoms with Gasteiger partial charge in [-0.25, -0.2) is 0 Å². The van der Waals surface area contributed by atoms with E-state index >= 15 is 0 Å². The van der Waals surface area contributed by atoms with Gasteiger partial charge in [0.2, 0.25) is 0 Å². The molecule has 0 heterocycles. The van der Waals surface area contributed by atoms with Crippen LogP contribution in [0, 0.1) is 6.92 Å². The summed E-state index contributed by atoms with van der Waals surface area (Å²) in [5, 5.41) is 8.73. The second-order valence-electron chi connectivity index (χ2n) is 2.28. The van der Waals surface area contributed by atoms with Crippen molar-refractivity contribution in [3.05, 3.63) is 29.3 Å². The predicted octanol–water partition coefficient (Wildman–Crippen LogP) is 1.78. The Hall–Kier alpha value is -0.470. The van der Waals surface area contributed by atoms with Gasteiger partial charge in [-0.1, -0.05) is 12.1 Å². The van der Waals surface area contributed by atoms with Crippen LogP contribution in [0.25, 0.3) is 0 Å². The highest BCUT2D eigenvalue weighted by Gasteiger charge is 1.93. The molecule has 0 aliphatic rings. The van der Waals surface area contributed by atoms with Gasteiger partial charge < -0.3 is 5.11 Å². The molecule has 0 radical (unpaired) electrons. The van der Waals surface area contributed by atoms with E-state index in [1.807, 2.05) is 25.1 Å². The van der Waals surface area contributed by atoms with E-state index in [0.29, 0.717) is 0 Å². The first-order valence-corrected chi connectivity index (χ1v) is 3.58. The molecule has 0 aliphatic heterocycles. The quantitative estimate of drug-likeness (QED) is 0.591. The van der Waals surface area contributed by atoms with Crippen molar-refractivity contribution < 1.29 is 5.11 Å². The standard InChI is InChI=1S/C8H10OS/c1-6-4-7(5-9)2-3-8(6)10/h2-4,9-10H,5H2,1H3. The first kappa shape index (κ1) is 7.63. The summed E-state index contributed by atoms with van der Waals surface area (Å²) >= 11 is 4.20. The molecule has 1 rings (SSSR count). The molecular weight excluding hydrogens is 144 g/mol. The van der Waals surface area contributed by atoms with Gasteiger partial charge in [0, 0.05) is 4.90 Å². The molecule has 0 amide bonds. The fourth-order valence-electron chi connectivity index (χ4n) is 0.816. The fourth-order valence-corrected chi connectivity index (χ4v) is 0.955. The Kier molecular flexibility index (Phi) is 2.35. The van der Waals surface area contributed by atoms with Crippen LogP contribution in [-0.4, -0.2) is 5.11 Å². The summed E-state index contributed by atoms with van der Waals surface area (Å²) in [4.78, 5) is 0.970.